The van der Waals surface area contributed by atoms with Crippen molar-refractivity contribution in [1.82, 2.24) is 10.2 Å². The molecule has 35 heavy (non-hydrogen) atoms. The lowest BCUT2D eigenvalue weighted by Crippen LogP contribution is -2.30. The molecule has 188 valence electrons. The molecule has 11 heteroatoms. The molecular weight excluding hydrogens is 481 g/mol. The molecule has 4 rings (SSSR count). The van der Waals surface area contributed by atoms with Crippen LogP contribution in [-0.2, 0) is 9.73 Å². The summed E-state index contributed by atoms with van der Waals surface area (Å²) in [5, 5.41) is 12.9. The fraction of sp³-hybridized carbons (Fsp3) is 0.417. The summed E-state index contributed by atoms with van der Waals surface area (Å²) in [5.74, 6) is 0.890. The van der Waals surface area contributed by atoms with Gasteiger partial charge in [-0.05, 0) is 38.8 Å². The minimum atomic E-state index is -2.92. The van der Waals surface area contributed by atoms with Crippen molar-refractivity contribution in [3.05, 3.63) is 53.0 Å². The first-order chi connectivity index (χ1) is 16.6. The molecular formula is C24H27F3N4O3S. The van der Waals surface area contributed by atoms with Crippen LogP contribution < -0.4 is 14.8 Å². The Morgan fingerprint density at radius 1 is 1.11 bits per heavy atom. The number of hydrogen-bond donors (Lipinski definition) is 2. The molecule has 1 aliphatic rings. The van der Waals surface area contributed by atoms with Crippen LogP contribution in [0.2, 0.25) is 0 Å². The Morgan fingerprint density at radius 2 is 1.77 bits per heavy atom. The third kappa shape index (κ3) is 5.29. The normalized spacial score (nSPS) is 21.2. The fourth-order valence-corrected chi connectivity index (χ4v) is 5.68. The number of aryl methyl sites for hydroxylation is 1. The number of methoxy groups -OCH3 is 1. The number of nitrogens with zero attached hydrogens (tertiary/aromatic N) is 2. The highest BCUT2D eigenvalue weighted by molar-refractivity contribution is 7.92. The zero-order valence-corrected chi connectivity index (χ0v) is 20.4. The van der Waals surface area contributed by atoms with Gasteiger partial charge in [-0.1, -0.05) is 18.2 Å². The number of hydrogen-bond acceptors (Lipinski definition) is 7. The molecule has 0 amide bonds. The van der Waals surface area contributed by atoms with Gasteiger partial charge in [-0.2, -0.15) is 5.10 Å². The maximum absolute atomic E-state index is 14.7. The van der Waals surface area contributed by atoms with E-state index in [0.29, 0.717) is 41.2 Å². The third-order valence-electron chi connectivity index (χ3n) is 6.19. The number of nitrogens with one attached hydrogen (secondary N) is 2. The predicted molar refractivity (Wildman–Crippen MR) is 128 cm³/mol. The van der Waals surface area contributed by atoms with Gasteiger partial charge in [0.1, 0.15) is 11.9 Å². The average Bonchev–Trinajstić information content (AvgIpc) is 2.82. The summed E-state index contributed by atoms with van der Waals surface area (Å²) in [6, 6.07) is 6.77. The van der Waals surface area contributed by atoms with Gasteiger partial charge in [0.25, 0.3) is 6.43 Å². The second kappa shape index (κ2) is 9.88. The zero-order valence-electron chi connectivity index (χ0n) is 19.6. The van der Waals surface area contributed by atoms with Crippen molar-refractivity contribution in [3.8, 4) is 11.5 Å². The highest BCUT2D eigenvalue weighted by Crippen LogP contribution is 2.38. The number of anilines is 1. The maximum Gasteiger partial charge on any atom is 0.266 e. The first kappa shape index (κ1) is 25.0. The summed E-state index contributed by atoms with van der Waals surface area (Å²) in [4.78, 5) is 0. The topological polar surface area (TPSA) is 97.2 Å². The lowest BCUT2D eigenvalue weighted by atomic mass is 10.0. The molecule has 0 aliphatic carbocycles. The van der Waals surface area contributed by atoms with Gasteiger partial charge in [0.2, 0.25) is 0 Å². The van der Waals surface area contributed by atoms with Crippen LogP contribution in [0.4, 0.5) is 19.0 Å². The molecule has 2 N–H and O–H groups in total. The van der Waals surface area contributed by atoms with Crippen molar-refractivity contribution in [3.63, 3.8) is 0 Å². The number of benzene rings is 2. The standard InChI is InChI=1S/C24H27F3N4O3S/c1-13(16-5-4-6-17(22(16)25)23(26)27)29-24-19-12-21(34-15-7-9-35(28,32)10-8-15)20(33-3)11-18(19)14(2)30-31-24/h4-6,11-13,15,23,28H,7-10H2,1-3H3,(H,29,31)/t13-,15?,35?/m1/s1. The highest BCUT2D eigenvalue weighted by atomic mass is 32.2. The summed E-state index contributed by atoms with van der Waals surface area (Å²) in [6.45, 7) is 3.45. The lowest BCUT2D eigenvalue weighted by molar-refractivity contribution is 0.146. The Balaban J connectivity index is 1.69. The van der Waals surface area contributed by atoms with E-state index < -0.39 is 33.6 Å². The largest absolute Gasteiger partial charge is 0.493 e. The van der Waals surface area contributed by atoms with E-state index in [4.69, 9.17) is 14.3 Å². The number of halogens is 3. The Kier molecular flexibility index (Phi) is 7.07. The summed E-state index contributed by atoms with van der Waals surface area (Å²) in [5.41, 5.74) is 0.0746. The Hall–Kier alpha value is -3.08. The van der Waals surface area contributed by atoms with Crippen molar-refractivity contribution in [2.75, 3.05) is 23.9 Å². The van der Waals surface area contributed by atoms with Crippen molar-refractivity contribution >= 4 is 26.3 Å². The molecule has 0 spiro atoms. The van der Waals surface area contributed by atoms with Gasteiger partial charge in [0.05, 0.1) is 24.4 Å². The van der Waals surface area contributed by atoms with Gasteiger partial charge in [0, 0.05) is 37.6 Å². The Labute approximate surface area is 202 Å². The molecule has 0 unspecified atom stereocenters. The van der Waals surface area contributed by atoms with Gasteiger partial charge in [-0.25, -0.2) is 17.4 Å². The lowest BCUT2D eigenvalue weighted by Gasteiger charge is -2.26. The van der Waals surface area contributed by atoms with E-state index in [1.807, 2.05) is 0 Å². The molecule has 1 atom stereocenters. The second-order valence-electron chi connectivity index (χ2n) is 8.64. The minimum Gasteiger partial charge on any atom is -0.493 e. The van der Waals surface area contributed by atoms with Gasteiger partial charge in [-0.15, -0.1) is 5.10 Å². The first-order valence-corrected chi connectivity index (χ1v) is 13.1. The van der Waals surface area contributed by atoms with E-state index in [-0.39, 0.29) is 23.2 Å². The summed E-state index contributed by atoms with van der Waals surface area (Å²) < 4.78 is 72.5. The predicted octanol–water partition coefficient (Wildman–Crippen LogP) is 5.78. The maximum atomic E-state index is 14.7. The minimum absolute atomic E-state index is 0.0875. The van der Waals surface area contributed by atoms with Crippen LogP contribution in [0.15, 0.2) is 30.3 Å². The zero-order chi connectivity index (χ0) is 25.3. The molecule has 2 heterocycles. The van der Waals surface area contributed by atoms with E-state index in [2.05, 4.69) is 15.5 Å². The monoisotopic (exact) mass is 508 g/mol. The van der Waals surface area contributed by atoms with Crippen LogP contribution in [0.25, 0.3) is 10.8 Å². The molecule has 2 aromatic carbocycles. The summed E-state index contributed by atoms with van der Waals surface area (Å²) >= 11 is 0. The highest BCUT2D eigenvalue weighted by Gasteiger charge is 2.25. The van der Waals surface area contributed by atoms with E-state index in [1.165, 1.54) is 19.2 Å². The molecule has 7 nitrogen and oxygen atoms in total. The van der Waals surface area contributed by atoms with Crippen LogP contribution in [-0.4, -0.2) is 39.1 Å². The van der Waals surface area contributed by atoms with Crippen LogP contribution in [0.3, 0.4) is 0 Å². The van der Waals surface area contributed by atoms with Crippen LogP contribution in [0.5, 0.6) is 11.5 Å². The van der Waals surface area contributed by atoms with Crippen molar-refractivity contribution in [2.24, 2.45) is 0 Å². The molecule has 1 aromatic heterocycles. The Morgan fingerprint density at radius 3 is 2.43 bits per heavy atom. The molecule has 1 fully saturated rings. The summed E-state index contributed by atoms with van der Waals surface area (Å²) in [7, 11) is -1.02. The smallest absolute Gasteiger partial charge is 0.266 e. The van der Waals surface area contributed by atoms with Gasteiger partial charge in [0.15, 0.2) is 17.3 Å². The van der Waals surface area contributed by atoms with Crippen LogP contribution in [0.1, 0.15) is 49.1 Å². The molecule has 3 aromatic rings. The SMILES string of the molecule is COc1cc2c(C)nnc(N[C@H](C)c3cccc(C(F)F)c3F)c2cc1OC1CCS(=N)(=O)CC1. The van der Waals surface area contributed by atoms with Crippen LogP contribution in [0, 0.1) is 17.5 Å². The van der Waals surface area contributed by atoms with Gasteiger partial charge < -0.3 is 14.8 Å². The van der Waals surface area contributed by atoms with Crippen molar-refractivity contribution in [2.45, 2.75) is 45.3 Å². The van der Waals surface area contributed by atoms with E-state index in [0.717, 1.165) is 11.5 Å². The van der Waals surface area contributed by atoms with Gasteiger partial charge >= 0.3 is 0 Å². The summed E-state index contributed by atoms with van der Waals surface area (Å²) in [6.07, 6.45) is -2.13. The van der Waals surface area contributed by atoms with E-state index >= 15 is 0 Å². The molecule has 1 aliphatic heterocycles. The van der Waals surface area contributed by atoms with Crippen molar-refractivity contribution in [1.29, 1.82) is 4.78 Å². The quantitative estimate of drug-likeness (QED) is 0.420. The van der Waals surface area contributed by atoms with Gasteiger partial charge in [-0.3, -0.25) is 4.78 Å². The number of ether oxygens (including phenoxy) is 2. The number of aromatic nitrogens is 2. The van der Waals surface area contributed by atoms with E-state index in [9.17, 15) is 17.4 Å². The average molecular weight is 509 g/mol. The third-order valence-corrected chi connectivity index (χ3v) is 7.99. The Bertz CT molecular complexity index is 1340. The van der Waals surface area contributed by atoms with Crippen LogP contribution >= 0.6 is 0 Å². The fourth-order valence-electron chi connectivity index (χ4n) is 4.19. The van der Waals surface area contributed by atoms with E-state index in [1.54, 1.807) is 26.0 Å². The number of rotatable bonds is 7. The second-order valence-corrected chi connectivity index (χ2v) is 11.1. The number of fused-ring (bicyclic) bond motifs is 1. The molecule has 1 saturated heterocycles. The first-order valence-electron chi connectivity index (χ1n) is 11.2. The molecule has 0 bridgehead atoms. The molecule has 0 radical (unpaired) electrons. The van der Waals surface area contributed by atoms with Crippen molar-refractivity contribution < 1.29 is 26.9 Å². The number of alkyl halides is 2. The molecule has 0 saturated carbocycles.